The summed E-state index contributed by atoms with van der Waals surface area (Å²) in [5, 5.41) is 5.24. The smallest absolute Gasteiger partial charge is 0.416 e. The normalized spacial score (nSPS) is 11.8. The van der Waals surface area contributed by atoms with E-state index < -0.39 is 11.7 Å². The number of ether oxygens (including phenoxy) is 1. The lowest BCUT2D eigenvalue weighted by atomic mass is 10.0. The van der Waals surface area contributed by atoms with Gasteiger partial charge in [0.1, 0.15) is 5.75 Å². The number of fused-ring (bicyclic) bond motifs is 2. The number of methoxy groups -OCH3 is 1. The Balaban J connectivity index is 1.85. The summed E-state index contributed by atoms with van der Waals surface area (Å²) in [6, 6.07) is 16.2. The number of nitrogens with zero attached hydrogens (tertiary/aromatic N) is 1. The second-order valence-corrected chi connectivity index (χ2v) is 6.98. The van der Waals surface area contributed by atoms with Crippen molar-refractivity contribution in [1.82, 2.24) is 4.98 Å². The molecule has 1 N–H and O–H groups in total. The molecule has 0 radical (unpaired) electrons. The largest absolute Gasteiger partial charge is 0.497 e. The highest BCUT2D eigenvalue weighted by Crippen LogP contribution is 2.36. The van der Waals surface area contributed by atoms with Crippen molar-refractivity contribution in [3.63, 3.8) is 0 Å². The first kappa shape index (κ1) is 19.3. The number of hydrogen-bond acceptors (Lipinski definition) is 3. The molecule has 0 saturated heterocycles. The molecule has 0 amide bonds. The summed E-state index contributed by atoms with van der Waals surface area (Å²) < 4.78 is 45.4. The first-order valence-electron chi connectivity index (χ1n) is 8.83. The van der Waals surface area contributed by atoms with Crippen molar-refractivity contribution in [1.29, 1.82) is 0 Å². The number of rotatable bonds is 4. The van der Waals surface area contributed by atoms with E-state index in [2.05, 4.69) is 10.3 Å². The van der Waals surface area contributed by atoms with Gasteiger partial charge in [-0.1, -0.05) is 29.8 Å². The minimum absolute atomic E-state index is 0.00370. The molecule has 0 bridgehead atoms. The molecular formula is C22H16ClF3N2O. The fourth-order valence-corrected chi connectivity index (χ4v) is 3.51. The minimum Gasteiger partial charge on any atom is -0.497 e. The number of benzene rings is 3. The predicted molar refractivity (Wildman–Crippen MR) is 110 cm³/mol. The standard InChI is InChI=1S/C22H16ClF3N2O/c1-29-15-7-9-19-17(11-15)21(16-8-6-14(23)10-20(16)28-19)27-12-13-4-2-3-5-18(13)22(24,25)26/h2-11H,12H2,1H3,(H,27,28). The quantitative estimate of drug-likeness (QED) is 0.377. The predicted octanol–water partition coefficient (Wildman–Crippen LogP) is 6.68. The molecule has 0 atom stereocenters. The van der Waals surface area contributed by atoms with E-state index in [0.717, 1.165) is 16.8 Å². The van der Waals surface area contributed by atoms with Gasteiger partial charge in [-0.3, -0.25) is 0 Å². The Morgan fingerprint density at radius 2 is 1.76 bits per heavy atom. The first-order chi connectivity index (χ1) is 13.9. The molecule has 4 rings (SSSR count). The molecule has 3 nitrogen and oxygen atoms in total. The Kier molecular flexibility index (Phi) is 4.96. The summed E-state index contributed by atoms with van der Waals surface area (Å²) in [7, 11) is 1.56. The SMILES string of the molecule is COc1ccc2nc3cc(Cl)ccc3c(NCc3ccccc3C(F)(F)F)c2c1. The minimum atomic E-state index is -4.42. The zero-order valence-electron chi connectivity index (χ0n) is 15.3. The third kappa shape index (κ3) is 3.80. The van der Waals surface area contributed by atoms with Gasteiger partial charge < -0.3 is 10.1 Å². The fraction of sp³-hybridized carbons (Fsp3) is 0.136. The highest BCUT2D eigenvalue weighted by Gasteiger charge is 2.32. The third-order valence-corrected chi connectivity index (χ3v) is 4.96. The Morgan fingerprint density at radius 3 is 2.52 bits per heavy atom. The van der Waals surface area contributed by atoms with Gasteiger partial charge in [0, 0.05) is 22.3 Å². The van der Waals surface area contributed by atoms with Crippen LogP contribution in [0.25, 0.3) is 21.8 Å². The highest BCUT2D eigenvalue weighted by molar-refractivity contribution is 6.31. The van der Waals surface area contributed by atoms with E-state index in [1.54, 1.807) is 31.4 Å². The van der Waals surface area contributed by atoms with Crippen LogP contribution in [-0.2, 0) is 12.7 Å². The summed E-state index contributed by atoms with van der Waals surface area (Å²) in [5.74, 6) is 0.631. The van der Waals surface area contributed by atoms with Gasteiger partial charge in [0.05, 0.1) is 29.4 Å². The zero-order valence-corrected chi connectivity index (χ0v) is 16.1. The topological polar surface area (TPSA) is 34.1 Å². The molecule has 0 spiro atoms. The summed E-state index contributed by atoms with van der Waals surface area (Å²) >= 11 is 6.11. The van der Waals surface area contributed by atoms with Gasteiger partial charge in [0.15, 0.2) is 0 Å². The molecule has 0 aliphatic heterocycles. The molecule has 4 aromatic rings. The number of hydrogen-bond donors (Lipinski definition) is 1. The van der Waals surface area contributed by atoms with E-state index in [0.29, 0.717) is 27.5 Å². The highest BCUT2D eigenvalue weighted by atomic mass is 35.5. The van der Waals surface area contributed by atoms with E-state index in [1.807, 2.05) is 18.2 Å². The van der Waals surface area contributed by atoms with Gasteiger partial charge in [-0.15, -0.1) is 0 Å². The maximum absolute atomic E-state index is 13.4. The first-order valence-corrected chi connectivity index (χ1v) is 9.20. The summed E-state index contributed by atoms with van der Waals surface area (Å²) in [5.41, 5.74) is 1.53. The maximum Gasteiger partial charge on any atom is 0.416 e. The monoisotopic (exact) mass is 416 g/mol. The van der Waals surface area contributed by atoms with Crippen molar-refractivity contribution in [2.45, 2.75) is 12.7 Å². The van der Waals surface area contributed by atoms with E-state index in [-0.39, 0.29) is 12.1 Å². The van der Waals surface area contributed by atoms with Gasteiger partial charge in [0.25, 0.3) is 0 Å². The summed E-state index contributed by atoms with van der Waals surface area (Å²) in [4.78, 5) is 4.63. The summed E-state index contributed by atoms with van der Waals surface area (Å²) in [6.07, 6.45) is -4.42. The van der Waals surface area contributed by atoms with Crippen molar-refractivity contribution in [3.8, 4) is 5.75 Å². The molecule has 0 aliphatic rings. The van der Waals surface area contributed by atoms with Crippen LogP contribution in [0.2, 0.25) is 5.02 Å². The van der Waals surface area contributed by atoms with E-state index in [4.69, 9.17) is 16.3 Å². The van der Waals surface area contributed by atoms with E-state index in [9.17, 15) is 13.2 Å². The van der Waals surface area contributed by atoms with Gasteiger partial charge in [-0.2, -0.15) is 13.2 Å². The van der Waals surface area contributed by atoms with Crippen molar-refractivity contribution in [3.05, 3.63) is 76.8 Å². The second kappa shape index (κ2) is 7.44. The number of aromatic nitrogens is 1. The van der Waals surface area contributed by atoms with Crippen LogP contribution in [0.5, 0.6) is 5.75 Å². The molecule has 0 unspecified atom stereocenters. The molecule has 148 valence electrons. The molecule has 29 heavy (non-hydrogen) atoms. The summed E-state index contributed by atoms with van der Waals surface area (Å²) in [6.45, 7) is 0.00370. The Hall–Kier alpha value is -2.99. The van der Waals surface area contributed by atoms with Crippen molar-refractivity contribution < 1.29 is 17.9 Å². The van der Waals surface area contributed by atoms with Crippen LogP contribution in [0.15, 0.2) is 60.7 Å². The lowest BCUT2D eigenvalue weighted by Crippen LogP contribution is -2.12. The number of nitrogens with one attached hydrogen (secondary N) is 1. The van der Waals surface area contributed by atoms with Crippen LogP contribution in [0.3, 0.4) is 0 Å². The van der Waals surface area contributed by atoms with Crippen LogP contribution < -0.4 is 10.1 Å². The molecule has 1 aromatic heterocycles. The Morgan fingerprint density at radius 1 is 0.966 bits per heavy atom. The van der Waals surface area contributed by atoms with Crippen LogP contribution in [0.1, 0.15) is 11.1 Å². The average Bonchev–Trinajstić information content (AvgIpc) is 2.70. The van der Waals surface area contributed by atoms with E-state index in [1.165, 1.54) is 12.1 Å². The Bertz CT molecular complexity index is 1210. The third-order valence-electron chi connectivity index (χ3n) is 4.72. The lowest BCUT2D eigenvalue weighted by Gasteiger charge is -2.17. The van der Waals surface area contributed by atoms with Gasteiger partial charge in [-0.25, -0.2) is 4.98 Å². The maximum atomic E-state index is 13.4. The van der Waals surface area contributed by atoms with Gasteiger partial charge >= 0.3 is 6.18 Å². The average molecular weight is 417 g/mol. The van der Waals surface area contributed by atoms with Crippen LogP contribution in [-0.4, -0.2) is 12.1 Å². The lowest BCUT2D eigenvalue weighted by molar-refractivity contribution is -0.138. The zero-order chi connectivity index (χ0) is 20.6. The van der Waals surface area contributed by atoms with Gasteiger partial charge in [0.2, 0.25) is 0 Å². The molecule has 3 aromatic carbocycles. The molecule has 0 fully saturated rings. The second-order valence-electron chi connectivity index (χ2n) is 6.54. The number of halogens is 4. The number of anilines is 1. The molecular weight excluding hydrogens is 401 g/mol. The Labute approximate surface area is 170 Å². The van der Waals surface area contributed by atoms with Crippen LogP contribution in [0.4, 0.5) is 18.9 Å². The van der Waals surface area contributed by atoms with E-state index >= 15 is 0 Å². The number of alkyl halides is 3. The molecule has 0 aliphatic carbocycles. The fourth-order valence-electron chi connectivity index (χ4n) is 3.35. The molecule has 0 saturated carbocycles. The van der Waals surface area contributed by atoms with Crippen molar-refractivity contribution >= 4 is 39.1 Å². The van der Waals surface area contributed by atoms with Crippen molar-refractivity contribution in [2.24, 2.45) is 0 Å². The molecule has 1 heterocycles. The van der Waals surface area contributed by atoms with Gasteiger partial charge in [-0.05, 0) is 48.0 Å². The molecule has 7 heteroatoms. The van der Waals surface area contributed by atoms with Crippen LogP contribution >= 0.6 is 11.6 Å². The number of pyridine rings is 1. The van der Waals surface area contributed by atoms with Crippen molar-refractivity contribution in [2.75, 3.05) is 12.4 Å². The van der Waals surface area contributed by atoms with Crippen LogP contribution in [0, 0.1) is 0 Å².